The van der Waals surface area contributed by atoms with Gasteiger partial charge in [0.25, 0.3) is 11.6 Å². The van der Waals surface area contributed by atoms with Crippen molar-refractivity contribution in [1.29, 1.82) is 0 Å². The summed E-state index contributed by atoms with van der Waals surface area (Å²) >= 11 is 5.76. The lowest BCUT2D eigenvalue weighted by atomic mass is 10.0. The van der Waals surface area contributed by atoms with Crippen molar-refractivity contribution < 1.29 is 9.72 Å². The molecule has 6 nitrogen and oxygen atoms in total. The molecule has 1 aromatic rings. The van der Waals surface area contributed by atoms with Crippen LogP contribution in [0.15, 0.2) is 12.3 Å². The number of hydrogen-bond acceptors (Lipinski definition) is 4. The first-order chi connectivity index (χ1) is 9.56. The van der Waals surface area contributed by atoms with Gasteiger partial charge in [0.15, 0.2) is 0 Å². The van der Waals surface area contributed by atoms with Gasteiger partial charge in [-0.15, -0.1) is 0 Å². The monoisotopic (exact) mass is 295 g/mol. The van der Waals surface area contributed by atoms with Gasteiger partial charge < -0.3 is 4.90 Å². The number of aromatic nitrogens is 1. The number of carbonyl (C=O) groups excluding carboxylic acids is 1. The molecule has 0 aromatic carbocycles. The number of carbonyl (C=O) groups is 1. The summed E-state index contributed by atoms with van der Waals surface area (Å²) in [6.45, 7) is 1.39. The zero-order chi connectivity index (χ0) is 14.3. The van der Waals surface area contributed by atoms with Gasteiger partial charge in [0.2, 0.25) is 0 Å². The standard InChI is InChI=1S/C13H14ClN3O3/c14-12-4-10(11(5-15-12)17(19)20)13(18)16-6-8-2-1-3-9(8)7-16/h4-5,8-9H,1-3,6-7H2. The Labute approximate surface area is 120 Å². The molecule has 106 valence electrons. The summed E-state index contributed by atoms with van der Waals surface area (Å²) < 4.78 is 0. The molecule has 3 rings (SSSR count). The Balaban J connectivity index is 1.87. The van der Waals surface area contributed by atoms with Crippen molar-refractivity contribution >= 4 is 23.2 Å². The number of pyridine rings is 1. The van der Waals surface area contributed by atoms with Crippen LogP contribution in [0, 0.1) is 22.0 Å². The van der Waals surface area contributed by atoms with Gasteiger partial charge in [-0.25, -0.2) is 4.98 Å². The first-order valence-corrected chi connectivity index (χ1v) is 7.03. The second kappa shape index (κ2) is 5.01. The maximum Gasteiger partial charge on any atom is 0.300 e. The van der Waals surface area contributed by atoms with Gasteiger partial charge in [-0.1, -0.05) is 18.0 Å². The Morgan fingerprint density at radius 3 is 2.65 bits per heavy atom. The van der Waals surface area contributed by atoms with Gasteiger partial charge >= 0.3 is 0 Å². The molecule has 7 heteroatoms. The third kappa shape index (κ3) is 2.24. The minimum atomic E-state index is -0.590. The maximum absolute atomic E-state index is 12.5. The zero-order valence-electron chi connectivity index (χ0n) is 10.8. The third-order valence-corrected chi connectivity index (χ3v) is 4.50. The molecule has 1 aromatic heterocycles. The summed E-state index contributed by atoms with van der Waals surface area (Å²) in [5, 5.41) is 11.1. The minimum absolute atomic E-state index is 0.0370. The van der Waals surface area contributed by atoms with E-state index in [1.807, 2.05) is 0 Å². The predicted molar refractivity (Wildman–Crippen MR) is 72.6 cm³/mol. The molecule has 1 amide bonds. The number of fused-ring (bicyclic) bond motifs is 1. The lowest BCUT2D eigenvalue weighted by Crippen LogP contribution is -2.30. The smallest absolute Gasteiger partial charge is 0.300 e. The second-order valence-electron chi connectivity index (χ2n) is 5.44. The first-order valence-electron chi connectivity index (χ1n) is 6.65. The topological polar surface area (TPSA) is 76.3 Å². The number of hydrogen-bond donors (Lipinski definition) is 0. The van der Waals surface area contributed by atoms with Gasteiger partial charge in [-0.05, 0) is 30.7 Å². The molecule has 0 bridgehead atoms. The number of nitro groups is 1. The molecule has 20 heavy (non-hydrogen) atoms. The fraction of sp³-hybridized carbons (Fsp3) is 0.538. The van der Waals surface area contributed by atoms with Crippen LogP contribution in [-0.2, 0) is 0 Å². The molecular weight excluding hydrogens is 282 g/mol. The molecule has 1 saturated carbocycles. The van der Waals surface area contributed by atoms with Gasteiger partial charge in [0.1, 0.15) is 16.9 Å². The van der Waals surface area contributed by atoms with Crippen molar-refractivity contribution in [1.82, 2.24) is 9.88 Å². The van der Waals surface area contributed by atoms with Gasteiger partial charge in [-0.3, -0.25) is 14.9 Å². The summed E-state index contributed by atoms with van der Waals surface area (Å²) in [4.78, 5) is 28.3. The Hall–Kier alpha value is -1.69. The highest BCUT2D eigenvalue weighted by molar-refractivity contribution is 6.29. The molecule has 0 spiro atoms. The Kier molecular flexibility index (Phi) is 3.33. The highest BCUT2D eigenvalue weighted by Crippen LogP contribution is 2.38. The average molecular weight is 296 g/mol. The van der Waals surface area contributed by atoms with Crippen molar-refractivity contribution in [2.45, 2.75) is 19.3 Å². The van der Waals surface area contributed by atoms with Gasteiger partial charge in [0.05, 0.1) is 4.92 Å². The number of likely N-dealkylation sites (tertiary alicyclic amines) is 1. The lowest BCUT2D eigenvalue weighted by Gasteiger charge is -2.17. The molecule has 1 aliphatic carbocycles. The number of amides is 1. The van der Waals surface area contributed by atoms with Crippen molar-refractivity contribution in [3.63, 3.8) is 0 Å². The van der Waals surface area contributed by atoms with E-state index in [0.717, 1.165) is 19.0 Å². The molecule has 1 aliphatic heterocycles. The molecule has 0 N–H and O–H groups in total. The van der Waals surface area contributed by atoms with E-state index in [1.165, 1.54) is 12.5 Å². The molecule has 2 aliphatic rings. The zero-order valence-corrected chi connectivity index (χ0v) is 11.5. The van der Waals surface area contributed by atoms with Crippen LogP contribution in [0.5, 0.6) is 0 Å². The molecule has 2 atom stereocenters. The van der Waals surface area contributed by atoms with E-state index in [-0.39, 0.29) is 22.3 Å². The van der Waals surface area contributed by atoms with E-state index in [0.29, 0.717) is 24.9 Å². The SMILES string of the molecule is O=C(c1cc(Cl)ncc1[N+](=O)[O-])N1CC2CCCC2C1. The highest BCUT2D eigenvalue weighted by Gasteiger charge is 2.39. The van der Waals surface area contributed by atoms with E-state index in [2.05, 4.69) is 4.98 Å². The van der Waals surface area contributed by atoms with Crippen LogP contribution in [0.25, 0.3) is 0 Å². The molecule has 2 fully saturated rings. The van der Waals surface area contributed by atoms with Crippen molar-refractivity contribution in [3.8, 4) is 0 Å². The van der Waals surface area contributed by atoms with Crippen molar-refractivity contribution in [2.24, 2.45) is 11.8 Å². The third-order valence-electron chi connectivity index (χ3n) is 4.29. The van der Waals surface area contributed by atoms with Crippen LogP contribution in [0.1, 0.15) is 29.6 Å². The van der Waals surface area contributed by atoms with Gasteiger partial charge in [-0.2, -0.15) is 0 Å². The van der Waals surface area contributed by atoms with Crippen LogP contribution in [0.2, 0.25) is 5.15 Å². The summed E-state index contributed by atoms with van der Waals surface area (Å²) in [6, 6.07) is 1.29. The number of rotatable bonds is 2. The van der Waals surface area contributed by atoms with Crippen LogP contribution in [0.3, 0.4) is 0 Å². The molecule has 0 radical (unpaired) electrons. The fourth-order valence-corrected chi connectivity index (χ4v) is 3.47. The molecule has 2 heterocycles. The summed E-state index contributed by atoms with van der Waals surface area (Å²) in [5.41, 5.74) is -0.244. The van der Waals surface area contributed by atoms with Crippen LogP contribution < -0.4 is 0 Å². The second-order valence-corrected chi connectivity index (χ2v) is 5.83. The van der Waals surface area contributed by atoms with E-state index < -0.39 is 4.92 Å². The van der Waals surface area contributed by atoms with Crippen LogP contribution in [-0.4, -0.2) is 33.8 Å². The van der Waals surface area contributed by atoms with E-state index in [4.69, 9.17) is 11.6 Å². The average Bonchev–Trinajstić information content (AvgIpc) is 2.97. The minimum Gasteiger partial charge on any atom is -0.338 e. The van der Waals surface area contributed by atoms with Crippen LogP contribution in [0.4, 0.5) is 5.69 Å². The van der Waals surface area contributed by atoms with Crippen molar-refractivity contribution in [2.75, 3.05) is 13.1 Å². The summed E-state index contributed by atoms with van der Waals surface area (Å²) in [6.07, 6.45) is 4.56. The Morgan fingerprint density at radius 2 is 2.05 bits per heavy atom. The Bertz CT molecular complexity index is 566. The highest BCUT2D eigenvalue weighted by atomic mass is 35.5. The summed E-state index contributed by atoms with van der Waals surface area (Å²) in [7, 11) is 0. The molecule has 1 saturated heterocycles. The number of halogens is 1. The fourth-order valence-electron chi connectivity index (χ4n) is 3.31. The Morgan fingerprint density at radius 1 is 1.40 bits per heavy atom. The van der Waals surface area contributed by atoms with Gasteiger partial charge in [0, 0.05) is 13.1 Å². The van der Waals surface area contributed by atoms with Crippen LogP contribution >= 0.6 is 11.6 Å². The van der Waals surface area contributed by atoms with Crippen molar-refractivity contribution in [3.05, 3.63) is 33.1 Å². The first kappa shape index (κ1) is 13.3. The molecular formula is C13H14ClN3O3. The maximum atomic E-state index is 12.5. The van der Waals surface area contributed by atoms with E-state index in [9.17, 15) is 14.9 Å². The molecule has 2 unspecified atom stereocenters. The predicted octanol–water partition coefficient (Wildman–Crippen LogP) is 2.52. The van der Waals surface area contributed by atoms with E-state index in [1.54, 1.807) is 4.90 Å². The summed E-state index contributed by atoms with van der Waals surface area (Å²) in [5.74, 6) is 0.793. The largest absolute Gasteiger partial charge is 0.338 e. The lowest BCUT2D eigenvalue weighted by molar-refractivity contribution is -0.385. The van der Waals surface area contributed by atoms with E-state index >= 15 is 0 Å². The normalized spacial score (nSPS) is 24.8. The quantitative estimate of drug-likeness (QED) is 0.477. The number of nitrogens with zero attached hydrogens (tertiary/aromatic N) is 3.